The van der Waals surface area contributed by atoms with Crippen LogP contribution >= 0.6 is 0 Å². The number of hydrogen-bond acceptors (Lipinski definition) is 4. The second-order valence-electron chi connectivity index (χ2n) is 6.49. The summed E-state index contributed by atoms with van der Waals surface area (Å²) in [6.45, 7) is 4.30. The molecule has 6 heteroatoms. The summed E-state index contributed by atoms with van der Waals surface area (Å²) in [6.07, 6.45) is 3.74. The average molecular weight is 343 g/mol. The zero-order chi connectivity index (χ0) is 17.9. The van der Waals surface area contributed by atoms with Gasteiger partial charge < -0.3 is 19.9 Å². The van der Waals surface area contributed by atoms with Crippen LogP contribution in [0.25, 0.3) is 0 Å². The van der Waals surface area contributed by atoms with Gasteiger partial charge >= 0.3 is 6.03 Å². The van der Waals surface area contributed by atoms with Gasteiger partial charge in [0.15, 0.2) is 0 Å². The zero-order valence-corrected chi connectivity index (χ0v) is 15.0. The second-order valence-corrected chi connectivity index (χ2v) is 6.49. The monoisotopic (exact) mass is 343 g/mol. The van der Waals surface area contributed by atoms with Gasteiger partial charge in [-0.25, -0.2) is 4.79 Å². The molecule has 6 nitrogen and oxygen atoms in total. The summed E-state index contributed by atoms with van der Waals surface area (Å²) in [7, 11) is 1.65. The van der Waals surface area contributed by atoms with E-state index in [1.807, 2.05) is 38.1 Å². The van der Waals surface area contributed by atoms with Gasteiger partial charge in [0.2, 0.25) is 0 Å². The number of carbonyl (C=O) groups is 1. The number of methoxy groups -OCH3 is 1. The summed E-state index contributed by atoms with van der Waals surface area (Å²) < 4.78 is 10.5. The molecule has 1 saturated carbocycles. The Balaban J connectivity index is 1.67. The molecule has 1 aromatic carbocycles. The first-order valence-electron chi connectivity index (χ1n) is 8.72. The molecule has 0 saturated heterocycles. The fourth-order valence-electron chi connectivity index (χ4n) is 3.31. The summed E-state index contributed by atoms with van der Waals surface area (Å²) in [5, 5.41) is 10.1. The molecule has 0 atom stereocenters. The Morgan fingerprint density at radius 3 is 2.84 bits per heavy atom. The van der Waals surface area contributed by atoms with Crippen molar-refractivity contribution in [2.24, 2.45) is 0 Å². The molecule has 2 N–H and O–H groups in total. The SMILES string of the molecule is CCc1noc(C)c1CNC(=O)NC1(c2cccc(OC)c2)CCC1. The Morgan fingerprint density at radius 2 is 2.20 bits per heavy atom. The molecule has 1 fully saturated rings. The first kappa shape index (κ1) is 17.3. The van der Waals surface area contributed by atoms with Crippen LogP contribution in [0.15, 0.2) is 28.8 Å². The van der Waals surface area contributed by atoms with E-state index < -0.39 is 0 Å². The third-order valence-corrected chi connectivity index (χ3v) is 5.01. The molecule has 25 heavy (non-hydrogen) atoms. The van der Waals surface area contributed by atoms with Crippen LogP contribution < -0.4 is 15.4 Å². The molecular formula is C19H25N3O3. The number of aryl methyl sites for hydroxylation is 2. The van der Waals surface area contributed by atoms with Crippen LogP contribution in [0.4, 0.5) is 4.79 Å². The lowest BCUT2D eigenvalue weighted by molar-refractivity contribution is 0.176. The predicted molar refractivity (Wildman–Crippen MR) is 94.5 cm³/mol. The fourth-order valence-corrected chi connectivity index (χ4v) is 3.31. The second kappa shape index (κ2) is 7.17. The molecule has 134 valence electrons. The van der Waals surface area contributed by atoms with Crippen molar-refractivity contribution >= 4 is 6.03 Å². The number of carbonyl (C=O) groups excluding carboxylic acids is 1. The Bertz CT molecular complexity index is 750. The summed E-state index contributed by atoms with van der Waals surface area (Å²) >= 11 is 0. The average Bonchev–Trinajstić information content (AvgIpc) is 2.96. The number of benzene rings is 1. The highest BCUT2D eigenvalue weighted by Gasteiger charge is 2.40. The molecule has 2 amide bonds. The van der Waals surface area contributed by atoms with E-state index in [1.54, 1.807) is 7.11 Å². The van der Waals surface area contributed by atoms with E-state index in [0.29, 0.717) is 6.54 Å². The van der Waals surface area contributed by atoms with E-state index in [0.717, 1.165) is 54.0 Å². The molecule has 1 aliphatic carbocycles. The molecule has 0 radical (unpaired) electrons. The van der Waals surface area contributed by atoms with Crippen molar-refractivity contribution in [3.63, 3.8) is 0 Å². The minimum atomic E-state index is -0.310. The van der Waals surface area contributed by atoms with Crippen molar-refractivity contribution in [3.05, 3.63) is 46.8 Å². The minimum Gasteiger partial charge on any atom is -0.497 e. The Morgan fingerprint density at radius 1 is 1.40 bits per heavy atom. The molecule has 0 unspecified atom stereocenters. The zero-order valence-electron chi connectivity index (χ0n) is 15.0. The molecule has 1 aliphatic rings. The molecule has 2 aromatic rings. The van der Waals surface area contributed by atoms with Crippen molar-refractivity contribution in [2.45, 2.75) is 51.6 Å². The van der Waals surface area contributed by atoms with Crippen LogP contribution in [0.2, 0.25) is 0 Å². The standard InChI is InChI=1S/C19H25N3O3/c1-4-17-16(13(2)25-22-17)12-20-18(23)21-19(9-6-10-19)14-7-5-8-15(11-14)24-3/h5,7-8,11H,4,6,9-10,12H2,1-3H3,(H2,20,21,23). The number of aromatic nitrogens is 1. The van der Waals surface area contributed by atoms with Crippen LogP contribution in [0.5, 0.6) is 5.75 Å². The molecule has 1 heterocycles. The number of nitrogens with zero attached hydrogens (tertiary/aromatic N) is 1. The van der Waals surface area contributed by atoms with E-state index in [2.05, 4.69) is 15.8 Å². The number of amides is 2. The number of nitrogens with one attached hydrogen (secondary N) is 2. The lowest BCUT2D eigenvalue weighted by Gasteiger charge is -2.43. The van der Waals surface area contributed by atoms with Gasteiger partial charge in [-0.1, -0.05) is 24.2 Å². The topological polar surface area (TPSA) is 76.4 Å². The lowest BCUT2D eigenvalue weighted by atomic mass is 9.72. The number of urea groups is 1. The van der Waals surface area contributed by atoms with Gasteiger partial charge in [0.05, 0.1) is 18.3 Å². The Hall–Kier alpha value is -2.50. The summed E-state index contributed by atoms with van der Waals surface area (Å²) in [5.41, 5.74) is 2.63. The van der Waals surface area contributed by atoms with Gasteiger partial charge in [-0.3, -0.25) is 0 Å². The highest BCUT2D eigenvalue weighted by Crippen LogP contribution is 2.42. The minimum absolute atomic E-state index is 0.176. The van der Waals surface area contributed by atoms with Gasteiger partial charge in [0.25, 0.3) is 0 Å². The van der Waals surface area contributed by atoms with Crippen molar-refractivity contribution in [3.8, 4) is 5.75 Å². The summed E-state index contributed by atoms with van der Waals surface area (Å²) in [6, 6.07) is 7.74. The number of ether oxygens (including phenoxy) is 1. The smallest absolute Gasteiger partial charge is 0.315 e. The Kier molecular flexibility index (Phi) is 4.97. The van der Waals surface area contributed by atoms with Gasteiger partial charge in [-0.05, 0) is 50.3 Å². The third-order valence-electron chi connectivity index (χ3n) is 5.01. The highest BCUT2D eigenvalue weighted by molar-refractivity contribution is 5.75. The quantitative estimate of drug-likeness (QED) is 0.842. The van der Waals surface area contributed by atoms with Crippen LogP contribution in [-0.2, 0) is 18.5 Å². The normalized spacial score (nSPS) is 15.3. The lowest BCUT2D eigenvalue weighted by Crippen LogP contribution is -2.53. The van der Waals surface area contributed by atoms with E-state index >= 15 is 0 Å². The van der Waals surface area contributed by atoms with Crippen LogP contribution in [0.3, 0.4) is 0 Å². The van der Waals surface area contributed by atoms with Crippen LogP contribution in [0.1, 0.15) is 48.8 Å². The van der Waals surface area contributed by atoms with Gasteiger partial charge in [-0.15, -0.1) is 0 Å². The molecule has 1 aromatic heterocycles. The van der Waals surface area contributed by atoms with Crippen LogP contribution in [-0.4, -0.2) is 18.3 Å². The van der Waals surface area contributed by atoms with Gasteiger partial charge in [0, 0.05) is 12.1 Å². The molecule has 3 rings (SSSR count). The Labute approximate surface area is 147 Å². The maximum Gasteiger partial charge on any atom is 0.315 e. The molecule has 0 aliphatic heterocycles. The van der Waals surface area contributed by atoms with Crippen molar-refractivity contribution in [2.75, 3.05) is 7.11 Å². The van der Waals surface area contributed by atoms with Crippen molar-refractivity contribution in [1.82, 2.24) is 15.8 Å². The molecule has 0 spiro atoms. The fraction of sp³-hybridized carbons (Fsp3) is 0.474. The van der Waals surface area contributed by atoms with E-state index in [1.165, 1.54) is 0 Å². The number of rotatable bonds is 6. The van der Waals surface area contributed by atoms with Crippen LogP contribution in [0, 0.1) is 6.92 Å². The summed E-state index contributed by atoms with van der Waals surface area (Å²) in [5.74, 6) is 1.56. The largest absolute Gasteiger partial charge is 0.497 e. The maximum atomic E-state index is 12.5. The maximum absolute atomic E-state index is 12.5. The number of hydrogen-bond donors (Lipinski definition) is 2. The first-order chi connectivity index (χ1) is 12.1. The molecular weight excluding hydrogens is 318 g/mol. The van der Waals surface area contributed by atoms with Gasteiger partial charge in [-0.2, -0.15) is 0 Å². The van der Waals surface area contributed by atoms with Crippen molar-refractivity contribution in [1.29, 1.82) is 0 Å². The summed E-state index contributed by atoms with van der Waals surface area (Å²) in [4.78, 5) is 12.5. The third kappa shape index (κ3) is 3.48. The highest BCUT2D eigenvalue weighted by atomic mass is 16.5. The predicted octanol–water partition coefficient (Wildman–Crippen LogP) is 3.43. The van der Waals surface area contributed by atoms with Gasteiger partial charge in [0.1, 0.15) is 11.5 Å². The molecule has 0 bridgehead atoms. The van der Waals surface area contributed by atoms with E-state index in [4.69, 9.17) is 9.26 Å². The van der Waals surface area contributed by atoms with E-state index in [9.17, 15) is 4.79 Å². The van der Waals surface area contributed by atoms with E-state index in [-0.39, 0.29) is 11.6 Å². The van der Waals surface area contributed by atoms with Crippen molar-refractivity contribution < 1.29 is 14.1 Å². The first-order valence-corrected chi connectivity index (χ1v) is 8.72.